The number of anilines is 1. The molecular weight excluding hydrogens is 278 g/mol. The normalized spacial score (nSPS) is 14.5. The van der Waals surface area contributed by atoms with Crippen molar-refractivity contribution in [3.8, 4) is 11.1 Å². The monoisotopic (exact) mass is 307 g/mol. The minimum atomic E-state index is 0.187. The van der Waals surface area contributed by atoms with Crippen molar-refractivity contribution in [2.75, 3.05) is 11.9 Å². The van der Waals surface area contributed by atoms with Gasteiger partial charge < -0.3 is 4.90 Å². The van der Waals surface area contributed by atoms with Gasteiger partial charge in [-0.2, -0.15) is 0 Å². The fourth-order valence-corrected chi connectivity index (χ4v) is 3.34. The van der Waals surface area contributed by atoms with Crippen LogP contribution in [-0.4, -0.2) is 7.05 Å². The molecule has 1 heteroatoms. The van der Waals surface area contributed by atoms with Gasteiger partial charge in [0.25, 0.3) is 0 Å². The van der Waals surface area contributed by atoms with E-state index in [2.05, 4.69) is 89.9 Å². The van der Waals surface area contributed by atoms with E-state index in [-0.39, 0.29) is 10.8 Å². The van der Waals surface area contributed by atoms with Gasteiger partial charge in [0.05, 0.1) is 0 Å². The van der Waals surface area contributed by atoms with Crippen LogP contribution in [0.25, 0.3) is 11.1 Å². The SMILES string of the molecule is CN1Cc2cc(C(C)(C)C)ccc2-c2ccc(C(C)(C)C)cc21. The summed E-state index contributed by atoms with van der Waals surface area (Å²) in [5.74, 6) is 0. The highest BCUT2D eigenvalue weighted by atomic mass is 15.1. The second-order valence-electron chi connectivity index (χ2n) is 8.96. The van der Waals surface area contributed by atoms with E-state index >= 15 is 0 Å². The lowest BCUT2D eigenvalue weighted by Crippen LogP contribution is -2.23. The molecule has 0 unspecified atom stereocenters. The maximum Gasteiger partial charge on any atom is 0.0449 e. The maximum atomic E-state index is 2.40. The van der Waals surface area contributed by atoms with E-state index < -0.39 is 0 Å². The Hall–Kier alpha value is -1.76. The minimum Gasteiger partial charge on any atom is -0.370 e. The molecule has 23 heavy (non-hydrogen) atoms. The van der Waals surface area contributed by atoms with Gasteiger partial charge in [-0.1, -0.05) is 71.9 Å². The summed E-state index contributed by atoms with van der Waals surface area (Å²) in [6.07, 6.45) is 0. The molecule has 0 radical (unpaired) electrons. The van der Waals surface area contributed by atoms with E-state index in [1.807, 2.05) is 0 Å². The summed E-state index contributed by atoms with van der Waals surface area (Å²) >= 11 is 0. The first-order valence-electron chi connectivity index (χ1n) is 8.57. The zero-order chi connectivity index (χ0) is 17.0. The molecule has 2 aromatic rings. The lowest BCUT2D eigenvalue weighted by atomic mass is 9.81. The highest BCUT2D eigenvalue weighted by Gasteiger charge is 2.24. The van der Waals surface area contributed by atoms with Gasteiger partial charge in [0.1, 0.15) is 0 Å². The quantitative estimate of drug-likeness (QED) is 0.586. The van der Waals surface area contributed by atoms with Gasteiger partial charge in [0.2, 0.25) is 0 Å². The molecule has 0 bridgehead atoms. The van der Waals surface area contributed by atoms with Gasteiger partial charge in [0, 0.05) is 24.8 Å². The zero-order valence-corrected chi connectivity index (χ0v) is 15.6. The Morgan fingerprint density at radius 1 is 0.739 bits per heavy atom. The number of nitrogens with zero attached hydrogens (tertiary/aromatic N) is 1. The third-order valence-corrected chi connectivity index (χ3v) is 4.94. The molecule has 0 spiro atoms. The van der Waals surface area contributed by atoms with Crippen LogP contribution in [0, 0.1) is 0 Å². The van der Waals surface area contributed by atoms with Crippen LogP contribution in [0.15, 0.2) is 36.4 Å². The van der Waals surface area contributed by atoms with Crippen LogP contribution in [0.1, 0.15) is 58.2 Å². The van der Waals surface area contributed by atoms with Crippen molar-refractivity contribution in [1.29, 1.82) is 0 Å². The fraction of sp³-hybridized carbons (Fsp3) is 0.455. The number of benzene rings is 2. The van der Waals surface area contributed by atoms with Crippen molar-refractivity contribution >= 4 is 5.69 Å². The van der Waals surface area contributed by atoms with E-state index in [0.717, 1.165) is 6.54 Å². The van der Waals surface area contributed by atoms with Gasteiger partial charge in [-0.05, 0) is 39.2 Å². The van der Waals surface area contributed by atoms with E-state index in [0.29, 0.717) is 0 Å². The minimum absolute atomic E-state index is 0.187. The lowest BCUT2D eigenvalue weighted by Gasteiger charge is -2.33. The Morgan fingerprint density at radius 3 is 1.83 bits per heavy atom. The predicted molar refractivity (Wildman–Crippen MR) is 101 cm³/mol. The van der Waals surface area contributed by atoms with Crippen LogP contribution >= 0.6 is 0 Å². The summed E-state index contributed by atoms with van der Waals surface area (Å²) in [7, 11) is 2.21. The Kier molecular flexibility index (Phi) is 3.59. The summed E-state index contributed by atoms with van der Waals surface area (Å²) < 4.78 is 0. The molecule has 2 aromatic carbocycles. The van der Waals surface area contributed by atoms with Crippen LogP contribution in [0.4, 0.5) is 5.69 Å². The van der Waals surface area contributed by atoms with Crippen molar-refractivity contribution in [2.24, 2.45) is 0 Å². The van der Waals surface area contributed by atoms with Crippen molar-refractivity contribution in [2.45, 2.75) is 58.9 Å². The summed E-state index contributed by atoms with van der Waals surface area (Å²) in [5, 5.41) is 0. The van der Waals surface area contributed by atoms with E-state index in [1.165, 1.54) is 33.5 Å². The maximum absolute atomic E-state index is 2.40. The highest BCUT2D eigenvalue weighted by molar-refractivity contribution is 5.84. The number of hydrogen-bond donors (Lipinski definition) is 0. The molecule has 0 aromatic heterocycles. The molecular formula is C22H29N. The van der Waals surface area contributed by atoms with E-state index in [1.54, 1.807) is 0 Å². The van der Waals surface area contributed by atoms with E-state index in [4.69, 9.17) is 0 Å². The van der Waals surface area contributed by atoms with Gasteiger partial charge >= 0.3 is 0 Å². The Morgan fingerprint density at radius 2 is 1.26 bits per heavy atom. The summed E-state index contributed by atoms with van der Waals surface area (Å²) in [6, 6.07) is 14.0. The standard InChI is InChI=1S/C22H29N/c1-21(2,3)16-8-10-18-15(12-16)14-23(7)20-13-17(22(4,5)6)9-11-19(18)20/h8-13H,14H2,1-7H3. The molecule has 1 aliphatic heterocycles. The van der Waals surface area contributed by atoms with Crippen molar-refractivity contribution < 1.29 is 0 Å². The number of fused-ring (bicyclic) bond motifs is 3. The van der Waals surface area contributed by atoms with Crippen LogP contribution in [0.2, 0.25) is 0 Å². The van der Waals surface area contributed by atoms with E-state index in [9.17, 15) is 0 Å². The summed E-state index contributed by atoms with van der Waals surface area (Å²) in [6.45, 7) is 14.7. The average molecular weight is 307 g/mol. The second-order valence-corrected chi connectivity index (χ2v) is 8.96. The third-order valence-electron chi connectivity index (χ3n) is 4.94. The topological polar surface area (TPSA) is 3.24 Å². The second kappa shape index (κ2) is 5.12. The largest absolute Gasteiger partial charge is 0.370 e. The highest BCUT2D eigenvalue weighted by Crippen LogP contribution is 2.41. The van der Waals surface area contributed by atoms with Crippen molar-refractivity contribution in [1.82, 2.24) is 0 Å². The van der Waals surface area contributed by atoms with Crippen LogP contribution < -0.4 is 4.90 Å². The van der Waals surface area contributed by atoms with Crippen LogP contribution in [0.3, 0.4) is 0 Å². The molecule has 1 nitrogen and oxygen atoms in total. The first kappa shape index (κ1) is 16.1. The van der Waals surface area contributed by atoms with Crippen molar-refractivity contribution in [3.63, 3.8) is 0 Å². The number of hydrogen-bond acceptors (Lipinski definition) is 1. The number of rotatable bonds is 0. The van der Waals surface area contributed by atoms with Gasteiger partial charge in [-0.25, -0.2) is 0 Å². The zero-order valence-electron chi connectivity index (χ0n) is 15.6. The Bertz CT molecular complexity index is 742. The smallest absolute Gasteiger partial charge is 0.0449 e. The molecule has 0 aliphatic carbocycles. The van der Waals surface area contributed by atoms with Crippen molar-refractivity contribution in [3.05, 3.63) is 53.1 Å². The van der Waals surface area contributed by atoms with Crippen LogP contribution in [0.5, 0.6) is 0 Å². The Balaban J connectivity index is 2.14. The van der Waals surface area contributed by atoms with Crippen LogP contribution in [-0.2, 0) is 17.4 Å². The third kappa shape index (κ3) is 2.89. The summed E-state index contributed by atoms with van der Waals surface area (Å²) in [5.41, 5.74) is 8.76. The van der Waals surface area contributed by atoms with Gasteiger partial charge in [-0.15, -0.1) is 0 Å². The molecule has 122 valence electrons. The molecule has 1 heterocycles. The predicted octanol–water partition coefficient (Wildman–Crippen LogP) is 5.90. The molecule has 0 amide bonds. The summed E-state index contributed by atoms with van der Waals surface area (Å²) in [4.78, 5) is 2.39. The first-order chi connectivity index (χ1) is 10.6. The molecule has 0 N–H and O–H groups in total. The molecule has 0 saturated carbocycles. The molecule has 0 atom stereocenters. The first-order valence-corrected chi connectivity index (χ1v) is 8.57. The molecule has 1 aliphatic rings. The molecule has 0 saturated heterocycles. The lowest BCUT2D eigenvalue weighted by molar-refractivity contribution is 0.588. The van der Waals surface area contributed by atoms with Gasteiger partial charge in [-0.3, -0.25) is 0 Å². The average Bonchev–Trinajstić information content (AvgIpc) is 2.44. The molecule has 3 rings (SSSR count). The fourth-order valence-electron chi connectivity index (χ4n) is 3.34. The van der Waals surface area contributed by atoms with Gasteiger partial charge in [0.15, 0.2) is 0 Å². The Labute approximate surface area is 141 Å². The molecule has 0 fully saturated rings.